The van der Waals surface area contributed by atoms with Crippen LogP contribution in [0.5, 0.6) is 0 Å². The van der Waals surface area contributed by atoms with Gasteiger partial charge in [0.1, 0.15) is 21.5 Å². The zero-order chi connectivity index (χ0) is 19.1. The van der Waals surface area contributed by atoms with Crippen LogP contribution in [0.15, 0.2) is 53.9 Å². The Morgan fingerprint density at radius 2 is 1.93 bits per heavy atom. The Morgan fingerprint density at radius 3 is 2.75 bits per heavy atom. The zero-order valence-electron chi connectivity index (χ0n) is 14.8. The van der Waals surface area contributed by atoms with E-state index < -0.39 is 0 Å². The van der Waals surface area contributed by atoms with Crippen LogP contribution in [-0.4, -0.2) is 27.3 Å². The van der Waals surface area contributed by atoms with Gasteiger partial charge in [-0.1, -0.05) is 12.1 Å². The van der Waals surface area contributed by atoms with Crippen molar-refractivity contribution in [3.63, 3.8) is 0 Å². The van der Waals surface area contributed by atoms with Crippen LogP contribution >= 0.6 is 22.7 Å². The Labute approximate surface area is 169 Å². The summed E-state index contributed by atoms with van der Waals surface area (Å²) < 4.78 is 14.3. The first kappa shape index (κ1) is 17.5. The number of fused-ring (bicyclic) bond motifs is 1. The Kier molecular flexibility index (Phi) is 4.41. The van der Waals surface area contributed by atoms with Gasteiger partial charge in [0.05, 0.1) is 16.3 Å². The molecule has 1 fully saturated rings. The van der Waals surface area contributed by atoms with E-state index in [-0.39, 0.29) is 17.8 Å². The summed E-state index contributed by atoms with van der Waals surface area (Å²) in [4.78, 5) is 24.3. The number of nitrogens with zero attached hydrogens (tertiary/aromatic N) is 3. The van der Waals surface area contributed by atoms with Gasteiger partial charge in [-0.15, -0.1) is 22.7 Å². The fourth-order valence-corrected chi connectivity index (χ4v) is 5.46. The standard InChI is InChI=1S/C21H16FN3OS2/c22-14-9-7-13(8-10-14)19-24-16(12-27-19)21(26)25-11-3-5-17(25)20-23-15-4-1-2-6-18(15)28-20/h1-2,4,6-10,12,17H,3,5,11H2/t17-/m0/s1. The van der Waals surface area contributed by atoms with E-state index in [9.17, 15) is 9.18 Å². The molecule has 1 aliphatic rings. The third-order valence-electron chi connectivity index (χ3n) is 4.92. The summed E-state index contributed by atoms with van der Waals surface area (Å²) in [7, 11) is 0. The molecule has 4 nitrogen and oxygen atoms in total. The Bertz CT molecular complexity index is 1120. The van der Waals surface area contributed by atoms with Crippen molar-refractivity contribution in [1.29, 1.82) is 0 Å². The van der Waals surface area contributed by atoms with Crippen molar-refractivity contribution in [3.05, 3.63) is 70.4 Å². The fourth-order valence-electron chi connectivity index (χ4n) is 3.54. The highest BCUT2D eigenvalue weighted by Crippen LogP contribution is 2.37. The molecule has 1 amide bonds. The molecule has 0 bridgehead atoms. The third-order valence-corrected chi connectivity index (χ3v) is 6.95. The highest BCUT2D eigenvalue weighted by molar-refractivity contribution is 7.18. The third kappa shape index (κ3) is 3.10. The summed E-state index contributed by atoms with van der Waals surface area (Å²) in [6, 6.07) is 14.2. The number of thiazole rings is 2. The van der Waals surface area contributed by atoms with Gasteiger partial charge < -0.3 is 4.90 Å². The van der Waals surface area contributed by atoms with Crippen molar-refractivity contribution in [2.75, 3.05) is 6.54 Å². The predicted octanol–water partition coefficient (Wildman–Crippen LogP) is 5.54. The number of halogens is 1. The number of hydrogen-bond acceptors (Lipinski definition) is 5. The molecule has 0 spiro atoms. The van der Waals surface area contributed by atoms with Crippen molar-refractivity contribution in [2.45, 2.75) is 18.9 Å². The second-order valence-electron chi connectivity index (χ2n) is 6.72. The summed E-state index contributed by atoms with van der Waals surface area (Å²) in [6.45, 7) is 0.711. The van der Waals surface area contributed by atoms with Gasteiger partial charge in [-0.05, 0) is 49.2 Å². The smallest absolute Gasteiger partial charge is 0.273 e. The van der Waals surface area contributed by atoms with Crippen LogP contribution in [0, 0.1) is 5.82 Å². The highest BCUT2D eigenvalue weighted by atomic mass is 32.1. The molecule has 3 heterocycles. The highest BCUT2D eigenvalue weighted by Gasteiger charge is 2.33. The van der Waals surface area contributed by atoms with E-state index in [1.54, 1.807) is 28.8 Å². The summed E-state index contributed by atoms with van der Waals surface area (Å²) >= 11 is 3.06. The molecule has 2 aromatic carbocycles. The molecule has 0 unspecified atom stereocenters. The van der Waals surface area contributed by atoms with Gasteiger partial charge in [0.25, 0.3) is 5.91 Å². The first-order valence-corrected chi connectivity index (χ1v) is 10.8. The van der Waals surface area contributed by atoms with Crippen LogP contribution in [0.2, 0.25) is 0 Å². The Balaban J connectivity index is 1.42. The van der Waals surface area contributed by atoms with E-state index in [2.05, 4.69) is 11.1 Å². The second kappa shape index (κ2) is 7.07. The van der Waals surface area contributed by atoms with Gasteiger partial charge >= 0.3 is 0 Å². The monoisotopic (exact) mass is 409 g/mol. The van der Waals surface area contributed by atoms with E-state index in [1.807, 2.05) is 23.1 Å². The van der Waals surface area contributed by atoms with Crippen molar-refractivity contribution in [1.82, 2.24) is 14.9 Å². The summed E-state index contributed by atoms with van der Waals surface area (Å²) in [5, 5.41) is 3.49. The van der Waals surface area contributed by atoms with Crippen molar-refractivity contribution >= 4 is 38.8 Å². The molecule has 0 N–H and O–H groups in total. The Morgan fingerprint density at radius 1 is 1.11 bits per heavy atom. The predicted molar refractivity (Wildman–Crippen MR) is 110 cm³/mol. The molecule has 4 aromatic rings. The first-order valence-electron chi connectivity index (χ1n) is 9.07. The molecule has 0 radical (unpaired) electrons. The number of aromatic nitrogens is 2. The number of carbonyl (C=O) groups is 1. The van der Waals surface area contributed by atoms with E-state index in [0.29, 0.717) is 12.2 Å². The molecule has 0 aliphatic carbocycles. The number of hydrogen-bond donors (Lipinski definition) is 0. The fraction of sp³-hybridized carbons (Fsp3) is 0.190. The molecule has 1 atom stereocenters. The lowest BCUT2D eigenvalue weighted by molar-refractivity contribution is 0.0730. The van der Waals surface area contributed by atoms with Gasteiger partial charge in [-0.3, -0.25) is 4.79 Å². The Hall–Kier alpha value is -2.64. The lowest BCUT2D eigenvalue weighted by atomic mass is 10.2. The van der Waals surface area contributed by atoms with Crippen molar-refractivity contribution in [3.8, 4) is 10.6 Å². The van der Waals surface area contributed by atoms with Gasteiger partial charge in [-0.25, -0.2) is 14.4 Å². The second-order valence-corrected chi connectivity index (χ2v) is 8.64. The maximum Gasteiger partial charge on any atom is 0.273 e. The number of amides is 1. The van der Waals surface area contributed by atoms with Gasteiger partial charge in [0.2, 0.25) is 0 Å². The van der Waals surface area contributed by atoms with Crippen LogP contribution in [-0.2, 0) is 0 Å². The van der Waals surface area contributed by atoms with Crippen LogP contribution in [0.4, 0.5) is 4.39 Å². The molecule has 7 heteroatoms. The van der Waals surface area contributed by atoms with Crippen LogP contribution in [0.25, 0.3) is 20.8 Å². The number of likely N-dealkylation sites (tertiary alicyclic amines) is 1. The minimum atomic E-state index is -0.285. The maximum absolute atomic E-state index is 13.1. The topological polar surface area (TPSA) is 46.1 Å². The molecular weight excluding hydrogens is 393 g/mol. The molecule has 28 heavy (non-hydrogen) atoms. The van der Waals surface area contributed by atoms with E-state index in [0.717, 1.165) is 38.6 Å². The summed E-state index contributed by atoms with van der Waals surface area (Å²) in [6.07, 6.45) is 1.88. The largest absolute Gasteiger partial charge is 0.328 e. The van der Waals surface area contributed by atoms with Crippen LogP contribution < -0.4 is 0 Å². The number of carbonyl (C=O) groups excluding carboxylic acids is 1. The lowest BCUT2D eigenvalue weighted by Crippen LogP contribution is -2.30. The molecule has 0 saturated carbocycles. The van der Waals surface area contributed by atoms with E-state index >= 15 is 0 Å². The van der Waals surface area contributed by atoms with Crippen LogP contribution in [0.1, 0.15) is 34.4 Å². The molecule has 1 saturated heterocycles. The van der Waals surface area contributed by atoms with Gasteiger partial charge in [0, 0.05) is 17.5 Å². The maximum atomic E-state index is 13.1. The average molecular weight is 410 g/mol. The minimum absolute atomic E-state index is 0.000807. The van der Waals surface area contributed by atoms with Crippen molar-refractivity contribution < 1.29 is 9.18 Å². The lowest BCUT2D eigenvalue weighted by Gasteiger charge is -2.22. The van der Waals surface area contributed by atoms with Gasteiger partial charge in [-0.2, -0.15) is 0 Å². The quantitative estimate of drug-likeness (QED) is 0.447. The number of para-hydroxylation sites is 1. The molecular formula is C21H16FN3OS2. The summed E-state index contributed by atoms with van der Waals surface area (Å²) in [5.74, 6) is -0.348. The zero-order valence-corrected chi connectivity index (χ0v) is 16.5. The molecule has 5 rings (SSSR count). The van der Waals surface area contributed by atoms with Crippen LogP contribution in [0.3, 0.4) is 0 Å². The molecule has 2 aromatic heterocycles. The normalized spacial score (nSPS) is 16.8. The average Bonchev–Trinajstić information content (AvgIpc) is 3.46. The number of benzene rings is 2. The SMILES string of the molecule is O=C(c1csc(-c2ccc(F)cc2)n1)N1CCC[C@H]1c1nc2ccccc2s1. The summed E-state index contributed by atoms with van der Waals surface area (Å²) in [5.41, 5.74) is 2.24. The first-order chi connectivity index (χ1) is 13.7. The molecule has 1 aliphatic heterocycles. The van der Waals surface area contributed by atoms with Gasteiger partial charge in [0.15, 0.2) is 0 Å². The van der Waals surface area contributed by atoms with E-state index in [1.165, 1.54) is 23.5 Å². The minimum Gasteiger partial charge on any atom is -0.328 e. The number of rotatable bonds is 3. The van der Waals surface area contributed by atoms with E-state index in [4.69, 9.17) is 4.98 Å². The molecule has 140 valence electrons. The van der Waals surface area contributed by atoms with Crippen molar-refractivity contribution in [2.24, 2.45) is 0 Å².